The molecule has 8 heteroatoms. The van der Waals surface area contributed by atoms with Gasteiger partial charge in [0.15, 0.2) is 0 Å². The van der Waals surface area contributed by atoms with E-state index < -0.39 is 17.7 Å². The predicted octanol–water partition coefficient (Wildman–Crippen LogP) is 3.60. The van der Waals surface area contributed by atoms with Crippen molar-refractivity contribution >= 4 is 33.4 Å². The van der Waals surface area contributed by atoms with Crippen molar-refractivity contribution in [3.05, 3.63) is 69.7 Å². The first kappa shape index (κ1) is 23.5. The fourth-order valence-corrected chi connectivity index (χ4v) is 4.56. The second kappa shape index (κ2) is 10.5. The number of carbonyl (C=O) groups excluding carboxylic acids is 2. The number of amides is 1. The molecule has 2 heterocycles. The van der Waals surface area contributed by atoms with Gasteiger partial charge in [0.25, 0.3) is 11.7 Å². The quantitative estimate of drug-likeness (QED) is 0.345. The van der Waals surface area contributed by atoms with Gasteiger partial charge in [-0.25, -0.2) is 0 Å². The summed E-state index contributed by atoms with van der Waals surface area (Å²) in [5.41, 5.74) is 1.35. The summed E-state index contributed by atoms with van der Waals surface area (Å²) in [6.07, 6.45) is 0.725. The number of rotatable bonds is 7. The molecule has 1 N–H and O–H groups in total. The number of nitrogens with zero attached hydrogens (tertiary/aromatic N) is 2. The number of benzene rings is 2. The Morgan fingerprint density at radius 1 is 1.06 bits per heavy atom. The maximum atomic E-state index is 13.1. The standard InChI is InChI=1S/C25H27BrN2O5/c1-32-20-9-5-18(6-10-20)23(29)21-22(17-3-7-19(26)8-4-17)28(25(31)24(21)30)12-2-11-27-13-15-33-16-14-27/h3-10,22,29H,2,11-16H2,1H3/t22-/m1/s1. The van der Waals surface area contributed by atoms with Gasteiger partial charge in [-0.05, 0) is 48.4 Å². The molecule has 4 rings (SSSR count). The van der Waals surface area contributed by atoms with Crippen LogP contribution >= 0.6 is 15.9 Å². The van der Waals surface area contributed by atoms with Gasteiger partial charge in [-0.2, -0.15) is 0 Å². The lowest BCUT2D eigenvalue weighted by Crippen LogP contribution is -2.38. The summed E-state index contributed by atoms with van der Waals surface area (Å²) in [4.78, 5) is 30.0. The van der Waals surface area contributed by atoms with Gasteiger partial charge in [0.1, 0.15) is 11.5 Å². The van der Waals surface area contributed by atoms with Crippen molar-refractivity contribution in [2.45, 2.75) is 12.5 Å². The van der Waals surface area contributed by atoms with Gasteiger partial charge in [0.2, 0.25) is 0 Å². The molecule has 1 atom stereocenters. The molecule has 0 aromatic heterocycles. The van der Waals surface area contributed by atoms with Crippen LogP contribution in [0, 0.1) is 0 Å². The molecule has 7 nitrogen and oxygen atoms in total. The lowest BCUT2D eigenvalue weighted by Gasteiger charge is -2.29. The molecular weight excluding hydrogens is 488 g/mol. The van der Waals surface area contributed by atoms with E-state index in [0.717, 1.165) is 36.1 Å². The highest BCUT2D eigenvalue weighted by Gasteiger charge is 2.45. The Hall–Kier alpha value is -2.68. The fourth-order valence-electron chi connectivity index (χ4n) is 4.30. The van der Waals surface area contributed by atoms with E-state index in [-0.39, 0.29) is 11.3 Å². The van der Waals surface area contributed by atoms with Crippen LogP contribution in [-0.4, -0.2) is 73.1 Å². The van der Waals surface area contributed by atoms with E-state index in [9.17, 15) is 14.7 Å². The summed E-state index contributed by atoms with van der Waals surface area (Å²) in [7, 11) is 1.56. The molecule has 2 aromatic carbocycles. The molecule has 33 heavy (non-hydrogen) atoms. The number of ether oxygens (including phenoxy) is 2. The second-order valence-electron chi connectivity index (χ2n) is 8.08. The van der Waals surface area contributed by atoms with Crippen molar-refractivity contribution in [1.82, 2.24) is 9.80 Å². The Bertz CT molecular complexity index is 1030. The van der Waals surface area contributed by atoms with Crippen LogP contribution < -0.4 is 4.74 Å². The summed E-state index contributed by atoms with van der Waals surface area (Å²) in [6.45, 7) is 4.40. The second-order valence-corrected chi connectivity index (χ2v) is 9.00. The van der Waals surface area contributed by atoms with E-state index in [4.69, 9.17) is 9.47 Å². The van der Waals surface area contributed by atoms with E-state index in [1.165, 1.54) is 0 Å². The fraction of sp³-hybridized carbons (Fsp3) is 0.360. The molecule has 0 aliphatic carbocycles. The normalized spacial score (nSPS) is 20.9. The summed E-state index contributed by atoms with van der Waals surface area (Å²) in [6, 6.07) is 13.6. The van der Waals surface area contributed by atoms with Crippen LogP contribution in [0.2, 0.25) is 0 Å². The van der Waals surface area contributed by atoms with E-state index in [1.807, 2.05) is 24.3 Å². The Morgan fingerprint density at radius 3 is 2.36 bits per heavy atom. The van der Waals surface area contributed by atoms with Gasteiger partial charge < -0.3 is 19.5 Å². The predicted molar refractivity (Wildman–Crippen MR) is 128 cm³/mol. The van der Waals surface area contributed by atoms with Crippen molar-refractivity contribution < 1.29 is 24.2 Å². The third-order valence-corrected chi connectivity index (χ3v) is 6.59. The zero-order chi connectivity index (χ0) is 23.4. The molecule has 0 bridgehead atoms. The molecule has 0 saturated carbocycles. The van der Waals surface area contributed by atoms with Crippen LogP contribution in [0.4, 0.5) is 0 Å². The van der Waals surface area contributed by atoms with Crippen LogP contribution in [0.1, 0.15) is 23.6 Å². The lowest BCUT2D eigenvalue weighted by atomic mass is 9.95. The van der Waals surface area contributed by atoms with Crippen molar-refractivity contribution in [1.29, 1.82) is 0 Å². The van der Waals surface area contributed by atoms with E-state index in [0.29, 0.717) is 31.1 Å². The zero-order valence-electron chi connectivity index (χ0n) is 18.5. The molecular formula is C25H27BrN2O5. The first-order valence-electron chi connectivity index (χ1n) is 11.0. The average Bonchev–Trinajstić information content (AvgIpc) is 3.10. The number of Topliss-reactive ketones (excluding diaryl/α,β-unsaturated/α-hetero) is 1. The van der Waals surface area contributed by atoms with Gasteiger partial charge >= 0.3 is 0 Å². The number of aliphatic hydroxyl groups excluding tert-OH is 1. The molecule has 0 spiro atoms. The number of ketones is 1. The Labute approximate surface area is 201 Å². The zero-order valence-corrected chi connectivity index (χ0v) is 20.1. The lowest BCUT2D eigenvalue weighted by molar-refractivity contribution is -0.140. The van der Waals surface area contributed by atoms with Gasteiger partial charge in [-0.15, -0.1) is 0 Å². The van der Waals surface area contributed by atoms with Crippen molar-refractivity contribution in [2.75, 3.05) is 46.5 Å². The third-order valence-electron chi connectivity index (χ3n) is 6.07. The first-order valence-corrected chi connectivity index (χ1v) is 11.8. The monoisotopic (exact) mass is 514 g/mol. The van der Waals surface area contributed by atoms with Gasteiger partial charge in [-0.1, -0.05) is 28.1 Å². The number of aliphatic hydroxyl groups is 1. The molecule has 2 aromatic rings. The topological polar surface area (TPSA) is 79.3 Å². The summed E-state index contributed by atoms with van der Waals surface area (Å²) in [5, 5.41) is 11.1. The number of hydrogen-bond donors (Lipinski definition) is 1. The number of likely N-dealkylation sites (tertiary alicyclic amines) is 1. The van der Waals surface area contributed by atoms with Gasteiger partial charge in [0, 0.05) is 36.2 Å². The van der Waals surface area contributed by atoms with Gasteiger partial charge in [-0.3, -0.25) is 14.5 Å². The Kier molecular flexibility index (Phi) is 7.47. The van der Waals surface area contributed by atoms with Crippen LogP contribution in [0.5, 0.6) is 5.75 Å². The number of hydrogen-bond acceptors (Lipinski definition) is 6. The molecule has 2 aliphatic rings. The highest BCUT2D eigenvalue weighted by molar-refractivity contribution is 9.10. The number of carbonyl (C=O) groups is 2. The number of halogens is 1. The Balaban J connectivity index is 1.65. The van der Waals surface area contributed by atoms with Gasteiger partial charge in [0.05, 0.1) is 31.9 Å². The first-order chi connectivity index (χ1) is 16.0. The van der Waals surface area contributed by atoms with E-state index in [2.05, 4.69) is 20.8 Å². The smallest absolute Gasteiger partial charge is 0.295 e. The van der Waals surface area contributed by atoms with Crippen LogP contribution in [-0.2, 0) is 14.3 Å². The summed E-state index contributed by atoms with van der Waals surface area (Å²) >= 11 is 3.44. The molecule has 0 unspecified atom stereocenters. The molecule has 1 amide bonds. The van der Waals surface area contributed by atoms with Crippen LogP contribution in [0.25, 0.3) is 5.76 Å². The third kappa shape index (κ3) is 5.13. The highest BCUT2D eigenvalue weighted by atomic mass is 79.9. The molecule has 2 aliphatic heterocycles. The van der Waals surface area contributed by atoms with Crippen molar-refractivity contribution in [3.8, 4) is 5.75 Å². The van der Waals surface area contributed by atoms with E-state index in [1.54, 1.807) is 36.3 Å². The molecule has 0 radical (unpaired) electrons. The minimum absolute atomic E-state index is 0.110. The van der Waals surface area contributed by atoms with Crippen molar-refractivity contribution in [2.24, 2.45) is 0 Å². The largest absolute Gasteiger partial charge is 0.507 e. The maximum Gasteiger partial charge on any atom is 0.295 e. The minimum atomic E-state index is -0.664. The van der Waals surface area contributed by atoms with Crippen molar-refractivity contribution in [3.63, 3.8) is 0 Å². The Morgan fingerprint density at radius 2 is 1.73 bits per heavy atom. The van der Waals surface area contributed by atoms with Crippen LogP contribution in [0.15, 0.2) is 58.6 Å². The number of methoxy groups -OCH3 is 1. The minimum Gasteiger partial charge on any atom is -0.507 e. The molecule has 174 valence electrons. The summed E-state index contributed by atoms with van der Waals surface area (Å²) < 4.78 is 11.5. The van der Waals surface area contributed by atoms with E-state index >= 15 is 0 Å². The highest BCUT2D eigenvalue weighted by Crippen LogP contribution is 2.40. The molecule has 2 fully saturated rings. The number of morpholine rings is 1. The average molecular weight is 515 g/mol. The maximum absolute atomic E-state index is 13.1. The molecule has 2 saturated heterocycles. The van der Waals surface area contributed by atoms with Crippen LogP contribution in [0.3, 0.4) is 0 Å². The summed E-state index contributed by atoms with van der Waals surface area (Å²) in [5.74, 6) is -0.790. The SMILES string of the molecule is COc1ccc(C(O)=C2C(=O)C(=O)N(CCCN3CCOCC3)[C@@H]2c2ccc(Br)cc2)cc1.